The Morgan fingerprint density at radius 3 is 2.42 bits per heavy atom. The number of carbonyl (C=O) groups is 2. The lowest BCUT2D eigenvalue weighted by atomic mass is 10.1. The van der Waals surface area contributed by atoms with Gasteiger partial charge in [0.15, 0.2) is 0 Å². The van der Waals surface area contributed by atoms with E-state index in [0.29, 0.717) is 5.88 Å². The number of nitrogens with two attached hydrogens (primary N) is 1. The van der Waals surface area contributed by atoms with Crippen molar-refractivity contribution >= 4 is 23.6 Å². The minimum atomic E-state index is -0.615. The van der Waals surface area contributed by atoms with E-state index in [1.165, 1.54) is 11.1 Å². The molecule has 2 atom stereocenters. The van der Waals surface area contributed by atoms with Crippen molar-refractivity contribution in [2.24, 2.45) is 5.73 Å². The number of benzene rings is 2. The Labute approximate surface area is 189 Å². The van der Waals surface area contributed by atoms with E-state index >= 15 is 0 Å². The lowest BCUT2D eigenvalue weighted by Gasteiger charge is -2.30. The van der Waals surface area contributed by atoms with Crippen molar-refractivity contribution in [1.82, 2.24) is 15.1 Å². The Bertz CT molecular complexity index is 832. The average Bonchev–Trinajstić information content (AvgIpc) is 3.25. The Balaban J connectivity index is 1.62. The van der Waals surface area contributed by atoms with Gasteiger partial charge in [-0.25, -0.2) is 0 Å². The molecule has 1 aliphatic rings. The van der Waals surface area contributed by atoms with Crippen LogP contribution in [0.2, 0.25) is 0 Å². The first kappa shape index (κ1) is 23.3. The van der Waals surface area contributed by atoms with Gasteiger partial charge in [-0.2, -0.15) is 0 Å². The number of hydrogen-bond donors (Lipinski definition) is 2. The van der Waals surface area contributed by atoms with Crippen molar-refractivity contribution in [1.29, 1.82) is 0 Å². The summed E-state index contributed by atoms with van der Waals surface area (Å²) >= 11 is 1.76. The molecule has 166 valence electrons. The standard InChI is InChI=1S/C24H32N4O2S/c1-19(25)24(30)26-14-23(29)28-18-31-17-22(28)16-27(15-21-10-6-3-7-11-21)13-12-20-8-4-2-5-9-20/h2-11,19,22H,12-18,25H2,1H3,(H,26,30)/t19-,22+/m0/s1. The Hall–Kier alpha value is -2.35. The summed E-state index contributed by atoms with van der Waals surface area (Å²) in [5.74, 6) is 1.22. The van der Waals surface area contributed by atoms with E-state index in [-0.39, 0.29) is 24.4 Å². The van der Waals surface area contributed by atoms with E-state index in [1.54, 1.807) is 18.7 Å². The van der Waals surface area contributed by atoms with Gasteiger partial charge in [-0.15, -0.1) is 11.8 Å². The molecule has 0 saturated carbocycles. The molecular formula is C24H32N4O2S. The largest absolute Gasteiger partial charge is 0.346 e. The zero-order valence-corrected chi connectivity index (χ0v) is 18.9. The number of amides is 2. The molecular weight excluding hydrogens is 408 g/mol. The van der Waals surface area contributed by atoms with E-state index in [9.17, 15) is 9.59 Å². The molecule has 6 nitrogen and oxygen atoms in total. The number of carbonyl (C=O) groups excluding carboxylic acids is 2. The van der Waals surface area contributed by atoms with Gasteiger partial charge < -0.3 is 16.0 Å². The highest BCUT2D eigenvalue weighted by Crippen LogP contribution is 2.22. The van der Waals surface area contributed by atoms with Gasteiger partial charge in [0.1, 0.15) is 0 Å². The zero-order valence-electron chi connectivity index (χ0n) is 18.1. The second-order valence-electron chi connectivity index (χ2n) is 7.98. The summed E-state index contributed by atoms with van der Waals surface area (Å²) in [6, 6.07) is 20.4. The van der Waals surface area contributed by atoms with Crippen LogP contribution < -0.4 is 11.1 Å². The molecule has 3 rings (SSSR count). The molecule has 1 aliphatic heterocycles. The fraction of sp³-hybridized carbons (Fsp3) is 0.417. The quantitative estimate of drug-likeness (QED) is 0.592. The van der Waals surface area contributed by atoms with E-state index in [1.807, 2.05) is 17.0 Å². The second-order valence-corrected chi connectivity index (χ2v) is 8.98. The minimum absolute atomic E-state index is 0.000133. The monoisotopic (exact) mass is 440 g/mol. The predicted octanol–water partition coefficient (Wildman–Crippen LogP) is 2.10. The van der Waals surface area contributed by atoms with Gasteiger partial charge in [0.25, 0.3) is 0 Å². The molecule has 2 aromatic rings. The van der Waals surface area contributed by atoms with Crippen LogP contribution in [0.25, 0.3) is 0 Å². The highest BCUT2D eigenvalue weighted by atomic mass is 32.2. The molecule has 2 aromatic carbocycles. The molecule has 2 amide bonds. The summed E-state index contributed by atoms with van der Waals surface area (Å²) in [5.41, 5.74) is 8.16. The molecule has 0 spiro atoms. The second kappa shape index (κ2) is 11.9. The highest BCUT2D eigenvalue weighted by Gasteiger charge is 2.30. The maximum atomic E-state index is 12.7. The molecule has 0 bridgehead atoms. The van der Waals surface area contributed by atoms with Crippen LogP contribution in [0.4, 0.5) is 0 Å². The predicted molar refractivity (Wildman–Crippen MR) is 126 cm³/mol. The molecule has 1 heterocycles. The van der Waals surface area contributed by atoms with Crippen LogP contribution in [0.3, 0.4) is 0 Å². The zero-order chi connectivity index (χ0) is 22.1. The Kier molecular flexibility index (Phi) is 8.94. The van der Waals surface area contributed by atoms with Crippen LogP contribution >= 0.6 is 11.8 Å². The molecule has 0 unspecified atom stereocenters. The third-order valence-corrected chi connectivity index (χ3v) is 6.49. The first-order valence-corrected chi connectivity index (χ1v) is 11.9. The maximum Gasteiger partial charge on any atom is 0.242 e. The minimum Gasteiger partial charge on any atom is -0.346 e. The van der Waals surface area contributed by atoms with Gasteiger partial charge in [0.2, 0.25) is 11.8 Å². The average molecular weight is 441 g/mol. The maximum absolute atomic E-state index is 12.7. The van der Waals surface area contributed by atoms with Crippen molar-refractivity contribution in [3.8, 4) is 0 Å². The SMILES string of the molecule is C[C@H](N)C(=O)NCC(=O)N1CSC[C@H]1CN(CCc1ccccc1)Cc1ccccc1. The summed E-state index contributed by atoms with van der Waals surface area (Å²) in [5, 5.41) is 2.64. The third kappa shape index (κ3) is 7.38. The van der Waals surface area contributed by atoms with Gasteiger partial charge in [0, 0.05) is 25.4 Å². The normalized spacial score (nSPS) is 17.0. The summed E-state index contributed by atoms with van der Waals surface area (Å²) < 4.78 is 0. The van der Waals surface area contributed by atoms with Crippen molar-refractivity contribution in [2.75, 3.05) is 31.3 Å². The fourth-order valence-electron chi connectivity index (χ4n) is 3.64. The Morgan fingerprint density at radius 1 is 1.13 bits per heavy atom. The molecule has 0 aromatic heterocycles. The fourth-order valence-corrected chi connectivity index (χ4v) is 4.86. The summed E-state index contributed by atoms with van der Waals surface area (Å²) in [6.07, 6.45) is 0.964. The first-order valence-electron chi connectivity index (χ1n) is 10.7. The summed E-state index contributed by atoms with van der Waals surface area (Å²) in [7, 11) is 0. The van der Waals surface area contributed by atoms with Crippen LogP contribution in [0.5, 0.6) is 0 Å². The lowest BCUT2D eigenvalue weighted by Crippen LogP contribution is -2.49. The van der Waals surface area contributed by atoms with Crippen LogP contribution in [-0.2, 0) is 22.6 Å². The first-order chi connectivity index (χ1) is 15.0. The van der Waals surface area contributed by atoms with Crippen molar-refractivity contribution in [3.63, 3.8) is 0 Å². The molecule has 7 heteroatoms. The van der Waals surface area contributed by atoms with Crippen molar-refractivity contribution in [2.45, 2.75) is 32.0 Å². The van der Waals surface area contributed by atoms with Crippen LogP contribution in [0.1, 0.15) is 18.1 Å². The van der Waals surface area contributed by atoms with Crippen LogP contribution in [-0.4, -0.2) is 65.0 Å². The van der Waals surface area contributed by atoms with Crippen molar-refractivity contribution < 1.29 is 9.59 Å². The Morgan fingerprint density at radius 2 is 1.77 bits per heavy atom. The smallest absolute Gasteiger partial charge is 0.242 e. The molecule has 1 saturated heterocycles. The van der Waals surface area contributed by atoms with E-state index < -0.39 is 6.04 Å². The number of hydrogen-bond acceptors (Lipinski definition) is 5. The number of rotatable bonds is 10. The molecule has 0 radical (unpaired) electrons. The van der Waals surface area contributed by atoms with Crippen LogP contribution in [0, 0.1) is 0 Å². The van der Waals surface area contributed by atoms with Gasteiger partial charge in [-0.3, -0.25) is 14.5 Å². The topological polar surface area (TPSA) is 78.7 Å². The molecule has 31 heavy (non-hydrogen) atoms. The summed E-state index contributed by atoms with van der Waals surface area (Å²) in [6.45, 7) is 4.19. The number of nitrogens with zero attached hydrogens (tertiary/aromatic N) is 2. The summed E-state index contributed by atoms with van der Waals surface area (Å²) in [4.78, 5) is 28.8. The van der Waals surface area contributed by atoms with Gasteiger partial charge >= 0.3 is 0 Å². The van der Waals surface area contributed by atoms with E-state index in [2.05, 4.69) is 58.7 Å². The van der Waals surface area contributed by atoms with Gasteiger partial charge in [0.05, 0.1) is 24.5 Å². The molecule has 0 aliphatic carbocycles. The molecule has 1 fully saturated rings. The van der Waals surface area contributed by atoms with E-state index in [0.717, 1.165) is 31.8 Å². The highest BCUT2D eigenvalue weighted by molar-refractivity contribution is 7.99. The van der Waals surface area contributed by atoms with Crippen molar-refractivity contribution in [3.05, 3.63) is 71.8 Å². The van der Waals surface area contributed by atoms with E-state index in [4.69, 9.17) is 5.73 Å². The molecule has 3 N–H and O–H groups in total. The van der Waals surface area contributed by atoms with Gasteiger partial charge in [-0.05, 0) is 24.5 Å². The third-order valence-electron chi connectivity index (χ3n) is 5.41. The number of nitrogens with one attached hydrogen (secondary N) is 1. The number of thioether (sulfide) groups is 1. The van der Waals surface area contributed by atoms with Crippen LogP contribution in [0.15, 0.2) is 60.7 Å². The lowest BCUT2D eigenvalue weighted by molar-refractivity contribution is -0.133. The van der Waals surface area contributed by atoms with Gasteiger partial charge in [-0.1, -0.05) is 60.7 Å².